The monoisotopic (exact) mass is 432 g/mol. The van der Waals surface area contributed by atoms with Crippen LogP contribution in [0.3, 0.4) is 0 Å². The van der Waals surface area contributed by atoms with E-state index in [4.69, 9.17) is 0 Å². The Morgan fingerprint density at radius 3 is 2.55 bits per heavy atom. The van der Waals surface area contributed by atoms with Gasteiger partial charge in [0.1, 0.15) is 6.07 Å². The van der Waals surface area contributed by atoms with Crippen LogP contribution in [0.5, 0.6) is 0 Å². The number of nitriles is 1. The zero-order chi connectivity index (χ0) is 21.5. The summed E-state index contributed by atoms with van der Waals surface area (Å²) in [5, 5.41) is 21.7. The summed E-state index contributed by atoms with van der Waals surface area (Å²) < 4.78 is 2.08. The zero-order valence-electron chi connectivity index (χ0n) is 17.2. The lowest BCUT2D eigenvalue weighted by molar-refractivity contribution is -0.115. The Bertz CT molecular complexity index is 1070. The Hall–Kier alpha value is -3.31. The second-order valence-electron chi connectivity index (χ2n) is 7.31. The summed E-state index contributed by atoms with van der Waals surface area (Å²) in [7, 11) is 0. The minimum absolute atomic E-state index is 0.128. The van der Waals surface area contributed by atoms with Crippen LogP contribution in [0.4, 0.5) is 11.6 Å². The minimum Gasteiger partial charge on any atom is -0.341 e. The van der Waals surface area contributed by atoms with Crippen LogP contribution in [0, 0.1) is 11.3 Å². The van der Waals surface area contributed by atoms with Crippen molar-refractivity contribution in [1.29, 1.82) is 5.26 Å². The van der Waals surface area contributed by atoms with Gasteiger partial charge in [-0.25, -0.2) is 0 Å². The lowest BCUT2D eigenvalue weighted by atomic mass is 10.1. The second kappa shape index (κ2) is 10.1. The molecular weight excluding hydrogens is 408 g/mol. The molecule has 0 aliphatic carbocycles. The smallest absolute Gasteiger partial charge is 0.232 e. The zero-order valence-corrected chi connectivity index (χ0v) is 18.0. The molecule has 4 rings (SSSR count). The van der Waals surface area contributed by atoms with E-state index in [1.54, 1.807) is 24.3 Å². The number of hydrogen-bond donors (Lipinski definition) is 1. The van der Waals surface area contributed by atoms with E-state index in [2.05, 4.69) is 31.1 Å². The molecule has 3 aromatic rings. The fourth-order valence-electron chi connectivity index (χ4n) is 3.59. The predicted molar refractivity (Wildman–Crippen MR) is 123 cm³/mol. The fraction of sp³-hybridized carbons (Fsp3) is 0.304. The molecule has 0 atom stereocenters. The largest absolute Gasteiger partial charge is 0.341 e. The number of hydrogen-bond acceptors (Lipinski definition) is 6. The molecule has 1 aliphatic rings. The van der Waals surface area contributed by atoms with Crippen molar-refractivity contribution in [3.05, 3.63) is 60.2 Å². The molecule has 0 unspecified atom stereocenters. The maximum atomic E-state index is 12.4. The summed E-state index contributed by atoms with van der Waals surface area (Å²) in [6, 6.07) is 19.2. The lowest BCUT2D eigenvalue weighted by Gasteiger charge is -2.27. The topological polar surface area (TPSA) is 86.8 Å². The Morgan fingerprint density at radius 2 is 1.77 bits per heavy atom. The highest BCUT2D eigenvalue weighted by atomic mass is 32.2. The number of rotatable bonds is 7. The van der Waals surface area contributed by atoms with Crippen LogP contribution >= 0.6 is 11.8 Å². The number of carbonyl (C=O) groups is 1. The van der Waals surface area contributed by atoms with Crippen LogP contribution in [0.1, 0.15) is 31.2 Å². The molecule has 158 valence electrons. The average molecular weight is 433 g/mol. The fourth-order valence-corrected chi connectivity index (χ4v) is 4.48. The third-order valence-corrected chi connectivity index (χ3v) is 6.08. The van der Waals surface area contributed by atoms with Gasteiger partial charge in [-0.2, -0.15) is 5.26 Å². The molecule has 8 heteroatoms. The van der Waals surface area contributed by atoms with E-state index in [1.807, 2.05) is 30.3 Å². The van der Waals surface area contributed by atoms with E-state index in [1.165, 1.54) is 18.2 Å². The summed E-state index contributed by atoms with van der Waals surface area (Å²) in [5.74, 6) is 1.30. The number of anilines is 2. The summed E-state index contributed by atoms with van der Waals surface area (Å²) >= 11 is 1.51. The highest BCUT2D eigenvalue weighted by Gasteiger charge is 2.21. The number of aromatic nitrogens is 3. The summed E-state index contributed by atoms with van der Waals surface area (Å²) in [6.07, 6.45) is 3.88. The Labute approximate surface area is 186 Å². The van der Waals surface area contributed by atoms with Crippen molar-refractivity contribution in [3.8, 4) is 11.8 Å². The maximum absolute atomic E-state index is 12.4. The first-order valence-corrected chi connectivity index (χ1v) is 11.4. The van der Waals surface area contributed by atoms with Crippen LogP contribution in [0.15, 0.2) is 59.8 Å². The van der Waals surface area contributed by atoms with Crippen molar-refractivity contribution in [2.75, 3.05) is 29.1 Å². The van der Waals surface area contributed by atoms with Crippen LogP contribution < -0.4 is 10.2 Å². The number of piperidine rings is 1. The van der Waals surface area contributed by atoms with E-state index in [-0.39, 0.29) is 5.91 Å². The molecule has 1 N–H and O–H groups in total. The summed E-state index contributed by atoms with van der Waals surface area (Å²) in [6.45, 7) is 1.96. The third kappa shape index (κ3) is 5.06. The standard InChI is InChI=1S/C23H24N6OS/c24-17-18-9-5-6-12-20(18)25-21(30)13-16-31-23-27-26-22(28-14-7-2-8-15-28)29(23)19-10-3-1-4-11-19/h1,3-6,9-12H,2,7-8,13-16H2,(H,25,30). The van der Waals surface area contributed by atoms with Gasteiger partial charge in [0.05, 0.1) is 16.9 Å². The highest BCUT2D eigenvalue weighted by molar-refractivity contribution is 7.99. The Kier molecular flexibility index (Phi) is 6.85. The first-order valence-electron chi connectivity index (χ1n) is 10.4. The van der Waals surface area contributed by atoms with E-state index in [9.17, 15) is 10.1 Å². The first kappa shape index (κ1) is 20.9. The molecule has 2 heterocycles. The van der Waals surface area contributed by atoms with Gasteiger partial charge in [0, 0.05) is 25.3 Å². The van der Waals surface area contributed by atoms with Gasteiger partial charge in [-0.05, 0) is 43.5 Å². The van der Waals surface area contributed by atoms with Crippen molar-refractivity contribution in [3.63, 3.8) is 0 Å². The first-order chi connectivity index (χ1) is 15.3. The number of carbonyl (C=O) groups excluding carboxylic acids is 1. The quantitative estimate of drug-likeness (QED) is 0.562. The van der Waals surface area contributed by atoms with Crippen molar-refractivity contribution >= 4 is 29.3 Å². The molecule has 1 amide bonds. The van der Waals surface area contributed by atoms with Crippen molar-refractivity contribution in [2.45, 2.75) is 30.8 Å². The van der Waals surface area contributed by atoms with Gasteiger partial charge >= 0.3 is 0 Å². The summed E-state index contributed by atoms with van der Waals surface area (Å²) in [4.78, 5) is 14.7. The van der Waals surface area contributed by atoms with Crippen LogP contribution in [-0.4, -0.2) is 39.5 Å². The van der Waals surface area contributed by atoms with Gasteiger partial charge in [-0.15, -0.1) is 10.2 Å². The molecule has 1 fully saturated rings. The number of nitrogens with zero attached hydrogens (tertiary/aromatic N) is 5. The number of amides is 1. The van der Waals surface area contributed by atoms with Gasteiger partial charge < -0.3 is 10.2 Å². The number of benzene rings is 2. The molecule has 0 saturated carbocycles. The van der Waals surface area contributed by atoms with E-state index >= 15 is 0 Å². The molecule has 1 aromatic heterocycles. The van der Waals surface area contributed by atoms with E-state index in [0.29, 0.717) is 23.4 Å². The third-order valence-electron chi connectivity index (χ3n) is 5.15. The molecule has 0 bridgehead atoms. The van der Waals surface area contributed by atoms with Gasteiger partial charge in [0.2, 0.25) is 11.9 Å². The normalized spacial score (nSPS) is 13.6. The Balaban J connectivity index is 1.45. The molecule has 1 aliphatic heterocycles. The minimum atomic E-state index is -0.128. The maximum Gasteiger partial charge on any atom is 0.232 e. The van der Waals surface area contributed by atoms with Gasteiger partial charge in [-0.3, -0.25) is 9.36 Å². The molecule has 0 spiro atoms. The molecule has 1 saturated heterocycles. The molecule has 31 heavy (non-hydrogen) atoms. The van der Waals surface area contributed by atoms with Crippen LogP contribution in [0.25, 0.3) is 5.69 Å². The number of para-hydroxylation sites is 2. The van der Waals surface area contributed by atoms with Gasteiger partial charge in [0.25, 0.3) is 0 Å². The van der Waals surface area contributed by atoms with Crippen LogP contribution in [0.2, 0.25) is 0 Å². The van der Waals surface area contributed by atoms with Crippen molar-refractivity contribution in [1.82, 2.24) is 14.8 Å². The van der Waals surface area contributed by atoms with Gasteiger partial charge in [-0.1, -0.05) is 42.1 Å². The Morgan fingerprint density at radius 1 is 1.03 bits per heavy atom. The molecule has 2 aromatic carbocycles. The average Bonchev–Trinajstić information content (AvgIpc) is 3.24. The van der Waals surface area contributed by atoms with Crippen LogP contribution in [-0.2, 0) is 4.79 Å². The van der Waals surface area contributed by atoms with E-state index < -0.39 is 0 Å². The molecule has 7 nitrogen and oxygen atoms in total. The van der Waals surface area contributed by atoms with E-state index in [0.717, 1.165) is 42.7 Å². The highest BCUT2D eigenvalue weighted by Crippen LogP contribution is 2.28. The van der Waals surface area contributed by atoms with Crippen molar-refractivity contribution < 1.29 is 4.79 Å². The summed E-state index contributed by atoms with van der Waals surface area (Å²) in [5.41, 5.74) is 2.02. The number of thioether (sulfide) groups is 1. The second-order valence-corrected chi connectivity index (χ2v) is 8.37. The van der Waals surface area contributed by atoms with Crippen molar-refractivity contribution in [2.24, 2.45) is 0 Å². The predicted octanol–water partition coefficient (Wildman–Crippen LogP) is 4.25. The number of nitrogens with one attached hydrogen (secondary N) is 1. The SMILES string of the molecule is N#Cc1ccccc1NC(=O)CCSc1nnc(N2CCCCC2)n1-c1ccccc1. The molecule has 0 radical (unpaired) electrons. The lowest BCUT2D eigenvalue weighted by Crippen LogP contribution is -2.31. The molecular formula is C23H24N6OS. The van der Waals surface area contributed by atoms with Gasteiger partial charge in [0.15, 0.2) is 5.16 Å².